The highest BCUT2D eigenvalue weighted by atomic mass is 15.3. The number of nitrogens with zero attached hydrogens (tertiary/aromatic N) is 2. The molecule has 0 bridgehead atoms. The molecule has 3 saturated carbocycles. The topological polar surface area (TPSA) is 8.81 Å². The minimum atomic E-state index is 0.128. The lowest BCUT2D eigenvalue weighted by Crippen LogP contribution is -2.65. The maximum atomic E-state index is 3.06. The van der Waals surface area contributed by atoms with Crippen molar-refractivity contribution in [2.45, 2.75) is 115 Å². The molecule has 0 saturated heterocycles. The molecule has 2 aromatic carbocycles. The zero-order chi connectivity index (χ0) is 25.0. The molecule has 0 N–H and O–H groups in total. The molecule has 2 heterocycles. The highest BCUT2D eigenvalue weighted by Crippen LogP contribution is 2.56. The predicted molar refractivity (Wildman–Crippen MR) is 152 cm³/mol. The van der Waals surface area contributed by atoms with Crippen LogP contribution < -0.4 is 4.57 Å². The largest absolute Gasteiger partial charge is 0.266 e. The normalized spacial score (nSPS) is 22.3. The number of benzene rings is 2. The summed E-state index contributed by atoms with van der Waals surface area (Å²) in [6.07, 6.45) is 19.5. The number of aryl methyl sites for hydroxylation is 1. The van der Waals surface area contributed by atoms with Gasteiger partial charge in [0.15, 0.2) is 11.4 Å². The molecule has 4 aliphatic rings. The maximum Gasteiger partial charge on any atom is 0.266 e. The van der Waals surface area contributed by atoms with Gasteiger partial charge in [-0.2, -0.15) is 4.57 Å². The summed E-state index contributed by atoms with van der Waals surface area (Å²) in [7, 11) is 0. The summed E-state index contributed by atoms with van der Waals surface area (Å²) >= 11 is 0. The van der Waals surface area contributed by atoms with Crippen molar-refractivity contribution in [3.05, 3.63) is 71.2 Å². The second-order valence-corrected chi connectivity index (χ2v) is 12.8. The van der Waals surface area contributed by atoms with Crippen LogP contribution in [0.2, 0.25) is 0 Å². The molecule has 0 radical (unpaired) electrons. The Morgan fingerprint density at radius 3 is 1.89 bits per heavy atom. The lowest BCUT2D eigenvalue weighted by molar-refractivity contribution is -0.764. The number of imidazole rings is 1. The third kappa shape index (κ3) is 3.46. The van der Waals surface area contributed by atoms with Gasteiger partial charge >= 0.3 is 0 Å². The summed E-state index contributed by atoms with van der Waals surface area (Å²) in [5.41, 5.74) is 9.18. The van der Waals surface area contributed by atoms with Gasteiger partial charge < -0.3 is 0 Å². The number of rotatable bonds is 4. The molecule has 3 aromatic rings. The molecule has 1 aromatic heterocycles. The third-order valence-electron chi connectivity index (χ3n) is 10.9. The van der Waals surface area contributed by atoms with E-state index < -0.39 is 0 Å². The minimum absolute atomic E-state index is 0.128. The monoisotopic (exact) mass is 493 g/mol. The van der Waals surface area contributed by atoms with E-state index in [1.807, 2.05) is 0 Å². The van der Waals surface area contributed by atoms with E-state index in [0.29, 0.717) is 5.92 Å². The molecule has 3 aliphatic carbocycles. The molecule has 0 unspecified atom stereocenters. The van der Waals surface area contributed by atoms with E-state index in [4.69, 9.17) is 0 Å². The second-order valence-electron chi connectivity index (χ2n) is 12.8. The summed E-state index contributed by atoms with van der Waals surface area (Å²) in [6, 6.07) is 18.8. The minimum Gasteiger partial charge on any atom is -0.216 e. The Bertz CT molecular complexity index is 1260. The average molecular weight is 494 g/mol. The van der Waals surface area contributed by atoms with Crippen molar-refractivity contribution in [2.75, 3.05) is 0 Å². The quantitative estimate of drug-likeness (QED) is 0.321. The van der Waals surface area contributed by atoms with Gasteiger partial charge in [0.25, 0.3) is 5.82 Å². The molecular formula is C35H45N2+. The van der Waals surface area contributed by atoms with E-state index in [1.54, 1.807) is 22.6 Å². The van der Waals surface area contributed by atoms with Crippen LogP contribution in [0.3, 0.4) is 0 Å². The molecular weight excluding hydrogens is 448 g/mol. The van der Waals surface area contributed by atoms with Crippen molar-refractivity contribution in [1.29, 1.82) is 0 Å². The summed E-state index contributed by atoms with van der Waals surface area (Å²) < 4.78 is 5.80. The number of hydrogen-bond donors (Lipinski definition) is 0. The highest BCUT2D eigenvalue weighted by molar-refractivity contribution is 5.69. The van der Waals surface area contributed by atoms with Crippen LogP contribution in [-0.4, -0.2) is 4.57 Å². The van der Waals surface area contributed by atoms with Crippen molar-refractivity contribution in [1.82, 2.24) is 4.57 Å². The summed E-state index contributed by atoms with van der Waals surface area (Å²) in [4.78, 5) is 0. The van der Waals surface area contributed by atoms with Crippen molar-refractivity contribution in [3.63, 3.8) is 0 Å². The Balaban J connectivity index is 1.59. The Labute approximate surface area is 224 Å². The first kappa shape index (κ1) is 23.7. The van der Waals surface area contributed by atoms with Gasteiger partial charge in [-0.15, -0.1) is 0 Å². The average Bonchev–Trinajstić information content (AvgIpc) is 3.65. The van der Waals surface area contributed by atoms with Gasteiger partial charge in [0.2, 0.25) is 0 Å². The molecule has 2 heteroatoms. The molecule has 0 atom stereocenters. The van der Waals surface area contributed by atoms with Crippen LogP contribution in [-0.2, 0) is 5.54 Å². The van der Waals surface area contributed by atoms with Crippen LogP contribution in [0.25, 0.3) is 16.9 Å². The summed E-state index contributed by atoms with van der Waals surface area (Å²) in [6.45, 7) is 4.75. The van der Waals surface area contributed by atoms with Gasteiger partial charge in [-0.25, -0.2) is 4.57 Å². The maximum absolute atomic E-state index is 3.06. The first-order chi connectivity index (χ1) is 18.2. The zero-order valence-corrected chi connectivity index (χ0v) is 23.1. The Morgan fingerprint density at radius 1 is 0.676 bits per heavy atom. The van der Waals surface area contributed by atoms with E-state index in [9.17, 15) is 0 Å². The van der Waals surface area contributed by atoms with Gasteiger partial charge in [-0.1, -0.05) is 93.8 Å². The zero-order valence-electron chi connectivity index (χ0n) is 23.1. The SMILES string of the molecule is Cc1ccccc1-n1c(C)c2[n+](c1C1CCCC1)C(C1CCCCC1)(C1CCCCC1)c1ccccc1-2. The first-order valence-corrected chi connectivity index (χ1v) is 15.6. The summed E-state index contributed by atoms with van der Waals surface area (Å²) in [5.74, 6) is 3.81. The Morgan fingerprint density at radius 2 is 1.24 bits per heavy atom. The van der Waals surface area contributed by atoms with E-state index in [-0.39, 0.29) is 5.54 Å². The van der Waals surface area contributed by atoms with E-state index in [0.717, 1.165) is 11.8 Å². The van der Waals surface area contributed by atoms with E-state index >= 15 is 0 Å². The van der Waals surface area contributed by atoms with Gasteiger partial charge in [0.1, 0.15) is 11.2 Å². The van der Waals surface area contributed by atoms with Crippen LogP contribution in [0.15, 0.2) is 48.5 Å². The molecule has 7 rings (SSSR count). The number of para-hydroxylation sites is 1. The van der Waals surface area contributed by atoms with Crippen molar-refractivity contribution >= 4 is 0 Å². The third-order valence-corrected chi connectivity index (χ3v) is 10.9. The Kier molecular flexibility index (Phi) is 6.06. The molecule has 1 aliphatic heterocycles. The van der Waals surface area contributed by atoms with Crippen molar-refractivity contribution < 1.29 is 4.57 Å². The number of hydrogen-bond acceptors (Lipinski definition) is 0. The van der Waals surface area contributed by atoms with Gasteiger partial charge in [-0.05, 0) is 57.1 Å². The lowest BCUT2D eigenvalue weighted by Gasteiger charge is -2.46. The molecule has 2 nitrogen and oxygen atoms in total. The smallest absolute Gasteiger partial charge is 0.216 e. The second kappa shape index (κ2) is 9.44. The standard InChI is InChI=1S/C35H45N2/c1-25-15-9-14-24-32(25)36-26(2)33-30-22-12-13-23-31(30)35(28-18-5-3-6-19-28,29-20-7-4-8-21-29)37(33)34(36)27-16-10-11-17-27/h9,12-15,22-24,27-29H,3-8,10-11,16-21H2,1-2H3/q+1. The van der Waals surface area contributed by atoms with Gasteiger partial charge in [0.05, 0.1) is 5.92 Å². The molecule has 3 fully saturated rings. The number of aromatic nitrogens is 2. The highest BCUT2D eigenvalue weighted by Gasteiger charge is 2.61. The van der Waals surface area contributed by atoms with Crippen molar-refractivity contribution in [2.24, 2.45) is 11.8 Å². The fraction of sp³-hybridized carbons (Fsp3) is 0.571. The lowest BCUT2D eigenvalue weighted by atomic mass is 9.61. The van der Waals surface area contributed by atoms with Crippen LogP contribution in [0.1, 0.15) is 118 Å². The van der Waals surface area contributed by atoms with Crippen LogP contribution in [0, 0.1) is 25.7 Å². The summed E-state index contributed by atoms with van der Waals surface area (Å²) in [5, 5.41) is 0. The fourth-order valence-corrected chi connectivity index (χ4v) is 9.39. The Hall–Kier alpha value is -2.35. The van der Waals surface area contributed by atoms with Crippen LogP contribution in [0.5, 0.6) is 0 Å². The van der Waals surface area contributed by atoms with Gasteiger partial charge in [-0.3, -0.25) is 0 Å². The van der Waals surface area contributed by atoms with E-state index in [2.05, 4.69) is 71.5 Å². The predicted octanol–water partition coefficient (Wildman–Crippen LogP) is 8.92. The molecule has 0 spiro atoms. The van der Waals surface area contributed by atoms with Crippen molar-refractivity contribution in [3.8, 4) is 16.9 Å². The van der Waals surface area contributed by atoms with E-state index in [1.165, 1.54) is 107 Å². The molecule has 0 amide bonds. The fourth-order valence-electron chi connectivity index (χ4n) is 9.39. The number of fused-ring (bicyclic) bond motifs is 3. The first-order valence-electron chi connectivity index (χ1n) is 15.6. The molecule has 37 heavy (non-hydrogen) atoms. The van der Waals surface area contributed by atoms with Crippen LogP contribution in [0.4, 0.5) is 0 Å². The molecule has 194 valence electrons. The van der Waals surface area contributed by atoms with Crippen LogP contribution >= 0.6 is 0 Å². The van der Waals surface area contributed by atoms with Gasteiger partial charge in [0, 0.05) is 29.9 Å².